The average Bonchev–Trinajstić information content (AvgIpc) is 2.55. The highest BCUT2D eigenvalue weighted by molar-refractivity contribution is 5.75. The first-order valence-corrected chi connectivity index (χ1v) is 7.67. The van der Waals surface area contributed by atoms with Crippen LogP contribution in [0.15, 0.2) is 24.3 Å². The van der Waals surface area contributed by atoms with Crippen molar-refractivity contribution in [1.29, 1.82) is 5.26 Å². The molecule has 0 spiro atoms. The summed E-state index contributed by atoms with van der Waals surface area (Å²) in [6.07, 6.45) is 0.877. The van der Waals surface area contributed by atoms with Gasteiger partial charge >= 0.3 is 6.03 Å². The van der Waals surface area contributed by atoms with Gasteiger partial charge < -0.3 is 15.0 Å². The fourth-order valence-electron chi connectivity index (χ4n) is 2.52. The number of nitrogens with one attached hydrogen (secondary N) is 1. The molecule has 1 aliphatic rings. The van der Waals surface area contributed by atoms with Gasteiger partial charge in [0, 0.05) is 6.54 Å². The molecule has 1 aromatic carbocycles. The highest BCUT2D eigenvalue weighted by atomic mass is 16.5. The van der Waals surface area contributed by atoms with Crippen molar-refractivity contribution in [3.05, 3.63) is 35.4 Å². The van der Waals surface area contributed by atoms with Crippen LogP contribution in [-0.4, -0.2) is 36.2 Å². The summed E-state index contributed by atoms with van der Waals surface area (Å²) in [5.74, 6) is 0. The first-order chi connectivity index (χ1) is 10.5. The highest BCUT2D eigenvalue weighted by Crippen LogP contribution is 2.21. The monoisotopic (exact) mass is 301 g/mol. The van der Waals surface area contributed by atoms with Crippen molar-refractivity contribution >= 4 is 6.03 Å². The molecule has 1 aliphatic heterocycles. The number of nitriles is 1. The Labute approximate surface area is 131 Å². The molecule has 0 aliphatic carbocycles. The largest absolute Gasteiger partial charge is 0.372 e. The Bertz CT molecular complexity index is 564. The van der Waals surface area contributed by atoms with Crippen molar-refractivity contribution in [2.45, 2.75) is 38.8 Å². The van der Waals surface area contributed by atoms with E-state index in [1.165, 1.54) is 0 Å². The molecule has 0 radical (unpaired) electrons. The van der Waals surface area contributed by atoms with Crippen LogP contribution in [0.2, 0.25) is 0 Å². The van der Waals surface area contributed by atoms with E-state index in [9.17, 15) is 4.79 Å². The second-order valence-electron chi connectivity index (χ2n) is 5.98. The summed E-state index contributed by atoms with van der Waals surface area (Å²) in [4.78, 5) is 14.2. The standard InChI is InChI=1S/C17H23N3O2/c1-4-17(3)12-20(9-10-22-17)16(21)19-13(2)15-7-5-14(11-18)6-8-15/h5-8,13H,4,9-10,12H2,1-3H3,(H,19,21)/t13-,17+/m1/s1. The summed E-state index contributed by atoms with van der Waals surface area (Å²) < 4.78 is 5.76. The molecule has 1 heterocycles. The van der Waals surface area contributed by atoms with Gasteiger partial charge in [-0.15, -0.1) is 0 Å². The lowest BCUT2D eigenvalue weighted by Crippen LogP contribution is -2.54. The lowest BCUT2D eigenvalue weighted by atomic mass is 10.0. The van der Waals surface area contributed by atoms with Crippen molar-refractivity contribution < 1.29 is 9.53 Å². The van der Waals surface area contributed by atoms with E-state index in [4.69, 9.17) is 10.00 Å². The van der Waals surface area contributed by atoms with E-state index in [0.29, 0.717) is 25.3 Å². The Morgan fingerprint density at radius 3 is 2.77 bits per heavy atom. The first kappa shape index (κ1) is 16.3. The average molecular weight is 301 g/mol. The van der Waals surface area contributed by atoms with Crippen LogP contribution in [0.1, 0.15) is 44.4 Å². The predicted octanol–water partition coefficient (Wildman–Crippen LogP) is 2.83. The van der Waals surface area contributed by atoms with Crippen molar-refractivity contribution in [2.75, 3.05) is 19.7 Å². The number of urea groups is 1. The van der Waals surface area contributed by atoms with Crippen LogP contribution in [-0.2, 0) is 4.74 Å². The van der Waals surface area contributed by atoms with Gasteiger partial charge in [0.15, 0.2) is 0 Å². The smallest absolute Gasteiger partial charge is 0.318 e. The molecule has 118 valence electrons. The second kappa shape index (κ2) is 6.80. The summed E-state index contributed by atoms with van der Waals surface area (Å²) >= 11 is 0. The fraction of sp³-hybridized carbons (Fsp3) is 0.529. The van der Waals surface area contributed by atoms with E-state index in [2.05, 4.69) is 18.3 Å². The molecule has 2 rings (SSSR count). The Kier molecular flexibility index (Phi) is 5.04. The number of amides is 2. The molecule has 2 amide bonds. The van der Waals surface area contributed by atoms with Gasteiger partial charge in [0.1, 0.15) is 0 Å². The molecule has 0 aromatic heterocycles. The summed E-state index contributed by atoms with van der Waals surface area (Å²) in [5.41, 5.74) is 1.35. The van der Waals surface area contributed by atoms with Gasteiger partial charge in [0.2, 0.25) is 0 Å². The van der Waals surface area contributed by atoms with E-state index in [-0.39, 0.29) is 17.7 Å². The minimum atomic E-state index is -0.257. The van der Waals surface area contributed by atoms with Crippen LogP contribution < -0.4 is 5.32 Å². The number of carbonyl (C=O) groups excluding carboxylic acids is 1. The molecule has 0 unspecified atom stereocenters. The summed E-state index contributed by atoms with van der Waals surface area (Å²) in [5, 5.41) is 11.8. The molecule has 22 heavy (non-hydrogen) atoms. The fourth-order valence-corrected chi connectivity index (χ4v) is 2.52. The third-order valence-corrected chi connectivity index (χ3v) is 4.25. The lowest BCUT2D eigenvalue weighted by Gasteiger charge is -2.40. The normalized spacial score (nSPS) is 22.7. The van der Waals surface area contributed by atoms with E-state index < -0.39 is 0 Å². The minimum Gasteiger partial charge on any atom is -0.372 e. The van der Waals surface area contributed by atoms with Crippen LogP contribution in [0.25, 0.3) is 0 Å². The Morgan fingerprint density at radius 2 is 2.18 bits per heavy atom. The molecule has 1 saturated heterocycles. The lowest BCUT2D eigenvalue weighted by molar-refractivity contribution is -0.0874. The number of rotatable bonds is 3. The van der Waals surface area contributed by atoms with Crippen molar-refractivity contribution in [3.8, 4) is 6.07 Å². The van der Waals surface area contributed by atoms with Crippen molar-refractivity contribution in [3.63, 3.8) is 0 Å². The molecule has 1 aromatic rings. The number of carbonyl (C=O) groups is 1. The molecular formula is C17H23N3O2. The molecule has 1 fully saturated rings. The number of hydrogen-bond acceptors (Lipinski definition) is 3. The van der Waals surface area contributed by atoms with Crippen LogP contribution >= 0.6 is 0 Å². The number of ether oxygens (including phenoxy) is 1. The molecule has 0 bridgehead atoms. The first-order valence-electron chi connectivity index (χ1n) is 7.67. The second-order valence-corrected chi connectivity index (χ2v) is 5.98. The van der Waals surface area contributed by atoms with Crippen molar-refractivity contribution in [1.82, 2.24) is 10.2 Å². The number of nitrogens with zero attached hydrogens (tertiary/aromatic N) is 2. The predicted molar refractivity (Wildman–Crippen MR) is 84.3 cm³/mol. The highest BCUT2D eigenvalue weighted by Gasteiger charge is 2.32. The molecule has 5 heteroatoms. The Balaban J connectivity index is 1.97. The molecule has 2 atom stereocenters. The van der Waals surface area contributed by atoms with Gasteiger partial charge in [-0.2, -0.15) is 5.26 Å². The van der Waals surface area contributed by atoms with Gasteiger partial charge in [-0.25, -0.2) is 4.79 Å². The maximum absolute atomic E-state index is 12.4. The molecule has 1 N–H and O–H groups in total. The van der Waals surface area contributed by atoms with Gasteiger partial charge in [-0.1, -0.05) is 19.1 Å². The van der Waals surface area contributed by atoms with Gasteiger partial charge in [-0.05, 0) is 38.0 Å². The van der Waals surface area contributed by atoms with Gasteiger partial charge in [0.25, 0.3) is 0 Å². The minimum absolute atomic E-state index is 0.0696. The summed E-state index contributed by atoms with van der Waals surface area (Å²) in [7, 11) is 0. The van der Waals surface area contributed by atoms with Crippen molar-refractivity contribution in [2.24, 2.45) is 0 Å². The van der Waals surface area contributed by atoms with E-state index in [1.54, 1.807) is 12.1 Å². The third kappa shape index (κ3) is 3.77. The maximum Gasteiger partial charge on any atom is 0.318 e. The van der Waals surface area contributed by atoms with Gasteiger partial charge in [-0.3, -0.25) is 0 Å². The maximum atomic E-state index is 12.4. The number of morpholine rings is 1. The van der Waals surface area contributed by atoms with E-state index in [1.807, 2.05) is 30.9 Å². The molecule has 5 nitrogen and oxygen atoms in total. The Hall–Kier alpha value is -2.06. The van der Waals surface area contributed by atoms with Crippen LogP contribution in [0, 0.1) is 11.3 Å². The number of hydrogen-bond donors (Lipinski definition) is 1. The topological polar surface area (TPSA) is 65.4 Å². The van der Waals surface area contributed by atoms with Crippen LogP contribution in [0.5, 0.6) is 0 Å². The van der Waals surface area contributed by atoms with Crippen LogP contribution in [0.3, 0.4) is 0 Å². The quantitative estimate of drug-likeness (QED) is 0.933. The van der Waals surface area contributed by atoms with Crippen LogP contribution in [0.4, 0.5) is 4.79 Å². The third-order valence-electron chi connectivity index (χ3n) is 4.25. The zero-order valence-corrected chi connectivity index (χ0v) is 13.4. The zero-order chi connectivity index (χ0) is 16.2. The van der Waals surface area contributed by atoms with E-state index >= 15 is 0 Å². The zero-order valence-electron chi connectivity index (χ0n) is 13.4. The summed E-state index contributed by atoms with van der Waals surface area (Å²) in [6, 6.07) is 9.20. The molecular weight excluding hydrogens is 278 g/mol. The number of benzene rings is 1. The summed E-state index contributed by atoms with van der Waals surface area (Å²) in [6.45, 7) is 7.84. The Morgan fingerprint density at radius 1 is 1.50 bits per heavy atom. The van der Waals surface area contributed by atoms with E-state index in [0.717, 1.165) is 12.0 Å². The SMILES string of the molecule is CC[C@@]1(C)CN(C(=O)N[C@H](C)c2ccc(C#N)cc2)CCO1. The van der Waals surface area contributed by atoms with Gasteiger partial charge in [0.05, 0.1) is 36.4 Å². The molecule has 0 saturated carbocycles.